The van der Waals surface area contributed by atoms with E-state index in [4.69, 9.17) is 5.73 Å². The smallest absolute Gasteiger partial charge is 0.238 e. The molecule has 0 aromatic heterocycles. The Bertz CT molecular complexity index is 506. The standard InChI is InChI=1S/C16H23N3O/c1-11-14(17)3-2-4-15(11)18-16(20)10-19(13-7-8-13)9-12-5-6-12/h2-4,12-13H,5-10,17H2,1H3,(H,18,20). The predicted octanol–water partition coefficient (Wildman–Crippen LogP) is 2.39. The number of amides is 1. The Labute approximate surface area is 120 Å². The number of rotatable bonds is 6. The molecule has 4 nitrogen and oxygen atoms in total. The number of nitrogens with two attached hydrogens (primary N) is 1. The van der Waals surface area contributed by atoms with Crippen LogP contribution in [-0.4, -0.2) is 29.9 Å². The maximum atomic E-state index is 12.2. The first-order valence-corrected chi connectivity index (χ1v) is 7.52. The lowest BCUT2D eigenvalue weighted by Crippen LogP contribution is -2.36. The van der Waals surface area contributed by atoms with Gasteiger partial charge in [-0.15, -0.1) is 0 Å². The molecule has 0 heterocycles. The minimum atomic E-state index is 0.0752. The molecule has 0 unspecified atom stereocenters. The number of carbonyl (C=O) groups is 1. The quantitative estimate of drug-likeness (QED) is 0.782. The molecule has 20 heavy (non-hydrogen) atoms. The molecule has 108 valence electrons. The van der Waals surface area contributed by atoms with Gasteiger partial charge in [0.05, 0.1) is 6.54 Å². The molecule has 1 amide bonds. The van der Waals surface area contributed by atoms with Gasteiger partial charge in [0.15, 0.2) is 0 Å². The van der Waals surface area contributed by atoms with Crippen molar-refractivity contribution in [1.82, 2.24) is 4.90 Å². The van der Waals surface area contributed by atoms with Crippen molar-refractivity contribution < 1.29 is 4.79 Å². The third kappa shape index (κ3) is 3.31. The van der Waals surface area contributed by atoms with Crippen LogP contribution >= 0.6 is 0 Å². The highest BCUT2D eigenvalue weighted by molar-refractivity contribution is 5.93. The van der Waals surface area contributed by atoms with Crippen molar-refractivity contribution in [2.24, 2.45) is 5.92 Å². The van der Waals surface area contributed by atoms with E-state index in [2.05, 4.69) is 10.2 Å². The van der Waals surface area contributed by atoms with Crippen LogP contribution in [0, 0.1) is 12.8 Å². The summed E-state index contributed by atoms with van der Waals surface area (Å²) in [5.41, 5.74) is 8.37. The summed E-state index contributed by atoms with van der Waals surface area (Å²) in [7, 11) is 0. The first-order valence-electron chi connectivity index (χ1n) is 7.52. The minimum Gasteiger partial charge on any atom is -0.398 e. The molecule has 1 aromatic rings. The Morgan fingerprint density at radius 3 is 2.75 bits per heavy atom. The fraction of sp³-hybridized carbons (Fsp3) is 0.562. The molecule has 3 rings (SSSR count). The third-order valence-electron chi connectivity index (χ3n) is 4.25. The van der Waals surface area contributed by atoms with Crippen LogP contribution in [0.4, 0.5) is 11.4 Å². The Morgan fingerprint density at radius 1 is 1.35 bits per heavy atom. The van der Waals surface area contributed by atoms with Gasteiger partial charge in [-0.1, -0.05) is 6.07 Å². The Morgan fingerprint density at radius 2 is 2.10 bits per heavy atom. The normalized spacial score (nSPS) is 18.3. The van der Waals surface area contributed by atoms with E-state index >= 15 is 0 Å². The van der Waals surface area contributed by atoms with E-state index in [1.165, 1.54) is 25.7 Å². The second-order valence-corrected chi connectivity index (χ2v) is 6.17. The van der Waals surface area contributed by atoms with Gasteiger partial charge in [-0.2, -0.15) is 0 Å². The number of benzene rings is 1. The summed E-state index contributed by atoms with van der Waals surface area (Å²) in [5, 5.41) is 3.00. The van der Waals surface area contributed by atoms with Crippen molar-refractivity contribution in [3.63, 3.8) is 0 Å². The van der Waals surface area contributed by atoms with Crippen LogP contribution in [0.25, 0.3) is 0 Å². The van der Waals surface area contributed by atoms with Crippen LogP contribution in [0.5, 0.6) is 0 Å². The number of hydrogen-bond donors (Lipinski definition) is 2. The molecule has 0 spiro atoms. The van der Waals surface area contributed by atoms with Crippen LogP contribution in [0.1, 0.15) is 31.2 Å². The molecule has 0 aliphatic heterocycles. The van der Waals surface area contributed by atoms with E-state index in [1.54, 1.807) is 0 Å². The monoisotopic (exact) mass is 273 g/mol. The van der Waals surface area contributed by atoms with Crippen LogP contribution in [0.15, 0.2) is 18.2 Å². The Balaban J connectivity index is 1.58. The summed E-state index contributed by atoms with van der Waals surface area (Å²) in [5.74, 6) is 0.906. The number of nitrogen functional groups attached to an aromatic ring is 1. The first kappa shape index (κ1) is 13.4. The van der Waals surface area contributed by atoms with Gasteiger partial charge < -0.3 is 11.1 Å². The number of carbonyl (C=O) groups excluding carboxylic acids is 1. The molecule has 2 saturated carbocycles. The summed E-state index contributed by atoms with van der Waals surface area (Å²) in [6.07, 6.45) is 5.16. The van der Waals surface area contributed by atoms with E-state index in [9.17, 15) is 4.79 Å². The molecule has 2 aliphatic rings. The van der Waals surface area contributed by atoms with E-state index < -0.39 is 0 Å². The van der Waals surface area contributed by atoms with Crippen molar-refractivity contribution in [1.29, 1.82) is 0 Å². The van der Waals surface area contributed by atoms with Crippen LogP contribution < -0.4 is 11.1 Å². The Hall–Kier alpha value is -1.55. The second-order valence-electron chi connectivity index (χ2n) is 6.17. The first-order chi connectivity index (χ1) is 9.63. The molecular formula is C16H23N3O. The molecule has 4 heteroatoms. The van der Waals surface area contributed by atoms with Gasteiger partial charge in [0.25, 0.3) is 0 Å². The fourth-order valence-electron chi connectivity index (χ4n) is 2.58. The number of anilines is 2. The molecule has 2 aliphatic carbocycles. The van der Waals surface area contributed by atoms with Crippen LogP contribution in [0.3, 0.4) is 0 Å². The van der Waals surface area contributed by atoms with Crippen LogP contribution in [0.2, 0.25) is 0 Å². The van der Waals surface area contributed by atoms with Gasteiger partial charge in [-0.05, 0) is 56.2 Å². The van der Waals surface area contributed by atoms with Gasteiger partial charge in [-0.25, -0.2) is 0 Å². The lowest BCUT2D eigenvalue weighted by atomic mass is 10.1. The lowest BCUT2D eigenvalue weighted by molar-refractivity contribution is -0.117. The third-order valence-corrected chi connectivity index (χ3v) is 4.25. The predicted molar refractivity (Wildman–Crippen MR) is 81.5 cm³/mol. The fourth-order valence-corrected chi connectivity index (χ4v) is 2.58. The highest BCUT2D eigenvalue weighted by atomic mass is 16.2. The van der Waals surface area contributed by atoms with Crippen molar-refractivity contribution >= 4 is 17.3 Å². The van der Waals surface area contributed by atoms with Crippen molar-refractivity contribution in [2.45, 2.75) is 38.6 Å². The maximum Gasteiger partial charge on any atom is 0.238 e. The average Bonchev–Trinajstić information content (AvgIpc) is 3.26. The highest BCUT2D eigenvalue weighted by Crippen LogP contribution is 2.34. The van der Waals surface area contributed by atoms with E-state index in [0.717, 1.165) is 29.4 Å². The zero-order chi connectivity index (χ0) is 14.1. The van der Waals surface area contributed by atoms with Gasteiger partial charge in [-0.3, -0.25) is 9.69 Å². The highest BCUT2D eigenvalue weighted by Gasteiger charge is 2.34. The lowest BCUT2D eigenvalue weighted by Gasteiger charge is -2.21. The second kappa shape index (κ2) is 5.44. The van der Waals surface area contributed by atoms with Gasteiger partial charge >= 0.3 is 0 Å². The summed E-state index contributed by atoms with van der Waals surface area (Å²) >= 11 is 0. The largest absolute Gasteiger partial charge is 0.398 e. The topological polar surface area (TPSA) is 58.4 Å². The number of nitrogens with zero attached hydrogens (tertiary/aromatic N) is 1. The van der Waals surface area contributed by atoms with Crippen molar-refractivity contribution in [3.8, 4) is 0 Å². The van der Waals surface area contributed by atoms with Crippen molar-refractivity contribution in [2.75, 3.05) is 24.1 Å². The maximum absolute atomic E-state index is 12.2. The summed E-state index contributed by atoms with van der Waals surface area (Å²) in [4.78, 5) is 14.6. The summed E-state index contributed by atoms with van der Waals surface area (Å²) in [6, 6.07) is 6.28. The molecule has 0 atom stereocenters. The average molecular weight is 273 g/mol. The molecule has 0 saturated heterocycles. The van der Waals surface area contributed by atoms with E-state index in [-0.39, 0.29) is 5.91 Å². The van der Waals surface area contributed by atoms with Crippen molar-refractivity contribution in [3.05, 3.63) is 23.8 Å². The summed E-state index contributed by atoms with van der Waals surface area (Å²) in [6.45, 7) is 3.54. The number of nitrogens with one attached hydrogen (secondary N) is 1. The van der Waals surface area contributed by atoms with Crippen LogP contribution in [-0.2, 0) is 4.79 Å². The molecule has 0 radical (unpaired) electrons. The molecule has 2 fully saturated rings. The van der Waals surface area contributed by atoms with Gasteiger partial charge in [0.2, 0.25) is 5.91 Å². The van der Waals surface area contributed by atoms with Gasteiger partial charge in [0.1, 0.15) is 0 Å². The zero-order valence-corrected chi connectivity index (χ0v) is 12.1. The molecule has 0 bridgehead atoms. The SMILES string of the molecule is Cc1c(N)cccc1NC(=O)CN(CC1CC1)C1CC1. The Kier molecular flexibility index (Phi) is 3.66. The van der Waals surface area contributed by atoms with E-state index in [1.807, 2.05) is 25.1 Å². The van der Waals surface area contributed by atoms with Gasteiger partial charge in [0, 0.05) is 24.0 Å². The molecular weight excluding hydrogens is 250 g/mol. The van der Waals surface area contributed by atoms with E-state index in [0.29, 0.717) is 12.6 Å². The number of hydrogen-bond acceptors (Lipinski definition) is 3. The minimum absolute atomic E-state index is 0.0752. The molecule has 1 aromatic carbocycles. The summed E-state index contributed by atoms with van der Waals surface area (Å²) < 4.78 is 0. The molecule has 3 N–H and O–H groups in total. The zero-order valence-electron chi connectivity index (χ0n) is 12.1.